The van der Waals surface area contributed by atoms with Gasteiger partial charge in [0.1, 0.15) is 12.0 Å². The van der Waals surface area contributed by atoms with Gasteiger partial charge in [0.05, 0.1) is 11.5 Å². The first-order valence-corrected chi connectivity index (χ1v) is 12.3. The lowest BCUT2D eigenvalue weighted by atomic mass is 9.94. The van der Waals surface area contributed by atoms with Crippen molar-refractivity contribution in [2.75, 3.05) is 12.9 Å². The van der Waals surface area contributed by atoms with Crippen molar-refractivity contribution in [1.82, 2.24) is 4.90 Å². The van der Waals surface area contributed by atoms with E-state index in [1.54, 1.807) is 24.0 Å². The zero-order chi connectivity index (χ0) is 23.8. The summed E-state index contributed by atoms with van der Waals surface area (Å²) in [4.78, 5) is 26.9. The van der Waals surface area contributed by atoms with Crippen LogP contribution in [0, 0.1) is 11.8 Å². The molecule has 1 amide bonds. The molecule has 2 aromatic carbocycles. The Bertz CT molecular complexity index is 1100. The Morgan fingerprint density at radius 2 is 1.66 bits per heavy atom. The van der Waals surface area contributed by atoms with Crippen LogP contribution in [0.2, 0.25) is 0 Å². The number of rotatable bonds is 8. The fourth-order valence-corrected chi connectivity index (χ4v) is 3.70. The summed E-state index contributed by atoms with van der Waals surface area (Å²) >= 11 is 0. The van der Waals surface area contributed by atoms with Crippen LogP contribution in [-0.4, -0.2) is 43.6 Å². The van der Waals surface area contributed by atoms with Crippen molar-refractivity contribution in [2.45, 2.75) is 50.6 Å². The van der Waals surface area contributed by atoms with Gasteiger partial charge >= 0.3 is 5.97 Å². The second kappa shape index (κ2) is 11.0. The Kier molecular flexibility index (Phi) is 8.62. The normalized spacial score (nSPS) is 12.8. The molecule has 0 aliphatic rings. The number of nitrogens with zero attached hydrogens (tertiary/aromatic N) is 1. The number of carbonyl (C=O) groups excluding carboxylic acids is 2. The number of sulfone groups is 1. The molecule has 0 spiro atoms. The summed E-state index contributed by atoms with van der Waals surface area (Å²) in [6, 6.07) is 15.8. The molecule has 0 radical (unpaired) electrons. The molecule has 2 aromatic rings. The van der Waals surface area contributed by atoms with Gasteiger partial charge in [-0.3, -0.25) is 9.59 Å². The average molecular weight is 456 g/mol. The Morgan fingerprint density at radius 3 is 2.19 bits per heavy atom. The Balaban J connectivity index is 2.38. The monoisotopic (exact) mass is 455 g/mol. The summed E-state index contributed by atoms with van der Waals surface area (Å²) in [5.74, 6) is 5.31. The molecular formula is C25H29NO5S. The molecular weight excluding hydrogens is 426 g/mol. The van der Waals surface area contributed by atoms with E-state index in [4.69, 9.17) is 4.74 Å². The maximum atomic E-state index is 13.1. The number of hydrogen-bond donors (Lipinski definition) is 0. The van der Waals surface area contributed by atoms with Gasteiger partial charge in [-0.2, -0.15) is 0 Å². The second-order valence-electron chi connectivity index (χ2n) is 7.62. The van der Waals surface area contributed by atoms with Crippen molar-refractivity contribution in [1.29, 1.82) is 0 Å². The van der Waals surface area contributed by atoms with Gasteiger partial charge in [-0.05, 0) is 50.1 Å². The standard InChI is InChI=1S/C25H29NO5S/c1-5-25(3,17-16-20-12-14-22(15-13-20)32(4,29)30)26(19-21-10-8-7-9-11-21)23(27)18-24(28)31-6-2/h7-15H,5-6,18-19H2,1-4H3. The third kappa shape index (κ3) is 6.96. The van der Waals surface area contributed by atoms with Gasteiger partial charge in [-0.25, -0.2) is 8.42 Å². The summed E-state index contributed by atoms with van der Waals surface area (Å²) in [6.45, 7) is 5.99. The fourth-order valence-electron chi connectivity index (χ4n) is 3.07. The van der Waals surface area contributed by atoms with Crippen LogP contribution >= 0.6 is 0 Å². The molecule has 0 aliphatic carbocycles. The summed E-state index contributed by atoms with van der Waals surface area (Å²) in [6.07, 6.45) is 1.32. The van der Waals surface area contributed by atoms with Gasteiger partial charge < -0.3 is 9.64 Å². The van der Waals surface area contributed by atoms with E-state index >= 15 is 0 Å². The molecule has 0 heterocycles. The molecule has 32 heavy (non-hydrogen) atoms. The molecule has 0 bridgehead atoms. The number of benzene rings is 2. The predicted octanol–water partition coefficient (Wildman–Crippen LogP) is 3.59. The van der Waals surface area contributed by atoms with E-state index < -0.39 is 21.3 Å². The summed E-state index contributed by atoms with van der Waals surface area (Å²) < 4.78 is 28.3. The predicted molar refractivity (Wildman–Crippen MR) is 123 cm³/mol. The highest BCUT2D eigenvalue weighted by molar-refractivity contribution is 7.90. The fraction of sp³-hybridized carbons (Fsp3) is 0.360. The van der Waals surface area contributed by atoms with E-state index in [0.717, 1.165) is 11.8 Å². The van der Waals surface area contributed by atoms with Crippen LogP contribution < -0.4 is 0 Å². The Hall–Kier alpha value is -3.11. The quantitative estimate of drug-likeness (QED) is 0.345. The maximum absolute atomic E-state index is 13.1. The van der Waals surface area contributed by atoms with Crippen LogP contribution in [0.4, 0.5) is 0 Å². The van der Waals surface area contributed by atoms with E-state index in [2.05, 4.69) is 11.8 Å². The van der Waals surface area contributed by atoms with Crippen molar-refractivity contribution in [3.8, 4) is 11.8 Å². The third-order valence-electron chi connectivity index (χ3n) is 5.13. The van der Waals surface area contributed by atoms with E-state index in [0.29, 0.717) is 18.5 Å². The Morgan fingerprint density at radius 1 is 1.03 bits per heavy atom. The van der Waals surface area contributed by atoms with Crippen LogP contribution in [0.15, 0.2) is 59.5 Å². The largest absolute Gasteiger partial charge is 0.466 e. The molecule has 6 nitrogen and oxygen atoms in total. The molecule has 170 valence electrons. The molecule has 7 heteroatoms. The smallest absolute Gasteiger partial charge is 0.315 e. The number of hydrogen-bond acceptors (Lipinski definition) is 5. The van der Waals surface area contributed by atoms with Gasteiger partial charge in [0.25, 0.3) is 0 Å². The highest BCUT2D eigenvalue weighted by Crippen LogP contribution is 2.23. The summed E-state index contributed by atoms with van der Waals surface area (Å²) in [5, 5.41) is 0. The van der Waals surface area contributed by atoms with Crippen molar-refractivity contribution in [3.05, 3.63) is 65.7 Å². The highest BCUT2D eigenvalue weighted by atomic mass is 32.2. The first-order chi connectivity index (χ1) is 15.1. The van der Waals surface area contributed by atoms with Crippen molar-refractivity contribution < 1.29 is 22.7 Å². The minimum atomic E-state index is -3.29. The van der Waals surface area contributed by atoms with Gasteiger partial charge in [-0.15, -0.1) is 0 Å². The van der Waals surface area contributed by atoms with E-state index in [1.165, 1.54) is 12.1 Å². The Labute approximate surface area is 190 Å². The molecule has 0 aliphatic heterocycles. The van der Waals surface area contributed by atoms with Crippen LogP contribution in [0.3, 0.4) is 0 Å². The number of ether oxygens (including phenoxy) is 1. The van der Waals surface area contributed by atoms with Crippen LogP contribution in [0.1, 0.15) is 44.7 Å². The number of esters is 1. The van der Waals surface area contributed by atoms with Gasteiger partial charge in [0, 0.05) is 18.4 Å². The van der Waals surface area contributed by atoms with Crippen molar-refractivity contribution in [2.24, 2.45) is 0 Å². The SMILES string of the molecule is CCOC(=O)CC(=O)N(Cc1ccccc1)C(C)(C#Cc1ccc(S(C)(=O)=O)cc1)CC. The molecule has 0 saturated heterocycles. The molecule has 0 fully saturated rings. The van der Waals surface area contributed by atoms with Gasteiger partial charge in [-0.1, -0.05) is 49.1 Å². The van der Waals surface area contributed by atoms with Crippen molar-refractivity contribution in [3.63, 3.8) is 0 Å². The van der Waals surface area contributed by atoms with Crippen LogP contribution in [-0.2, 0) is 30.7 Å². The van der Waals surface area contributed by atoms with Crippen LogP contribution in [0.5, 0.6) is 0 Å². The first kappa shape index (κ1) is 25.2. The zero-order valence-electron chi connectivity index (χ0n) is 18.9. The lowest BCUT2D eigenvalue weighted by molar-refractivity contribution is -0.150. The summed E-state index contributed by atoms with van der Waals surface area (Å²) in [7, 11) is -3.29. The lowest BCUT2D eigenvalue weighted by Crippen LogP contribution is -2.48. The van der Waals surface area contributed by atoms with E-state index in [9.17, 15) is 18.0 Å². The molecule has 0 aromatic heterocycles. The third-order valence-corrected chi connectivity index (χ3v) is 6.26. The van der Waals surface area contributed by atoms with E-state index in [1.807, 2.05) is 44.2 Å². The summed E-state index contributed by atoms with van der Waals surface area (Å²) in [5.41, 5.74) is 0.702. The maximum Gasteiger partial charge on any atom is 0.315 e. The second-order valence-corrected chi connectivity index (χ2v) is 9.64. The topological polar surface area (TPSA) is 80.8 Å². The molecule has 1 atom stereocenters. The van der Waals surface area contributed by atoms with E-state index in [-0.39, 0.29) is 23.8 Å². The number of amides is 1. The molecule has 1 unspecified atom stereocenters. The van der Waals surface area contributed by atoms with Crippen molar-refractivity contribution >= 4 is 21.7 Å². The first-order valence-electron chi connectivity index (χ1n) is 10.4. The molecule has 0 N–H and O–H groups in total. The zero-order valence-corrected chi connectivity index (χ0v) is 19.7. The lowest BCUT2D eigenvalue weighted by Gasteiger charge is -2.37. The molecule has 2 rings (SSSR count). The minimum absolute atomic E-state index is 0.207. The minimum Gasteiger partial charge on any atom is -0.466 e. The highest BCUT2D eigenvalue weighted by Gasteiger charge is 2.33. The van der Waals surface area contributed by atoms with Gasteiger partial charge in [0.15, 0.2) is 9.84 Å². The van der Waals surface area contributed by atoms with Gasteiger partial charge in [0.2, 0.25) is 5.91 Å². The average Bonchev–Trinajstić information content (AvgIpc) is 2.76. The molecule has 0 saturated carbocycles. The number of carbonyl (C=O) groups is 2. The van der Waals surface area contributed by atoms with Crippen LogP contribution in [0.25, 0.3) is 0 Å².